The molecular weight excluding hydrogens is 338 g/mol. The molecule has 3 rings (SSSR count). The van der Waals surface area contributed by atoms with E-state index in [1.165, 1.54) is 24.8 Å². The molecule has 1 spiro atoms. The number of ether oxygens (including phenoxy) is 2. The van der Waals surface area contributed by atoms with Gasteiger partial charge in [0.15, 0.2) is 0 Å². The normalized spacial score (nSPS) is 19.6. The molecule has 0 bridgehead atoms. The van der Waals surface area contributed by atoms with Crippen molar-refractivity contribution in [1.29, 1.82) is 0 Å². The fraction of sp³-hybridized carbons (Fsp3) is 0.696. The van der Waals surface area contributed by atoms with Gasteiger partial charge in [-0.05, 0) is 89.7 Å². The van der Waals surface area contributed by atoms with Gasteiger partial charge < -0.3 is 14.4 Å². The Morgan fingerprint density at radius 1 is 1.15 bits per heavy atom. The largest absolute Gasteiger partial charge is 0.494 e. The summed E-state index contributed by atoms with van der Waals surface area (Å²) in [5, 5.41) is 0. The van der Waals surface area contributed by atoms with Crippen molar-refractivity contribution in [3.8, 4) is 5.75 Å². The van der Waals surface area contributed by atoms with Gasteiger partial charge in [-0.25, -0.2) is 4.79 Å². The van der Waals surface area contributed by atoms with Crippen molar-refractivity contribution >= 4 is 6.09 Å². The number of piperidine rings is 1. The Morgan fingerprint density at radius 3 is 2.37 bits per heavy atom. The minimum absolute atomic E-state index is 0.151. The molecule has 1 saturated heterocycles. The Morgan fingerprint density at radius 2 is 1.78 bits per heavy atom. The third-order valence-corrected chi connectivity index (χ3v) is 5.97. The van der Waals surface area contributed by atoms with Crippen LogP contribution in [0.25, 0.3) is 0 Å². The Labute approximate surface area is 164 Å². The van der Waals surface area contributed by atoms with Crippen LogP contribution in [0.2, 0.25) is 0 Å². The van der Waals surface area contributed by atoms with E-state index in [4.69, 9.17) is 9.47 Å². The molecule has 4 nitrogen and oxygen atoms in total. The number of aryl methyl sites for hydroxylation is 1. The van der Waals surface area contributed by atoms with Gasteiger partial charge >= 0.3 is 6.09 Å². The van der Waals surface area contributed by atoms with Crippen LogP contribution in [0.4, 0.5) is 4.79 Å². The predicted molar refractivity (Wildman–Crippen MR) is 108 cm³/mol. The van der Waals surface area contributed by atoms with E-state index in [1.54, 1.807) is 0 Å². The number of hydrogen-bond acceptors (Lipinski definition) is 3. The van der Waals surface area contributed by atoms with Crippen molar-refractivity contribution in [2.45, 2.75) is 71.8 Å². The summed E-state index contributed by atoms with van der Waals surface area (Å²) in [5.74, 6) is 1.81. The van der Waals surface area contributed by atoms with E-state index in [0.29, 0.717) is 5.41 Å². The lowest BCUT2D eigenvalue weighted by Gasteiger charge is -2.52. The van der Waals surface area contributed by atoms with Crippen LogP contribution >= 0.6 is 0 Å². The van der Waals surface area contributed by atoms with E-state index in [2.05, 4.69) is 19.1 Å². The highest BCUT2D eigenvalue weighted by Gasteiger charge is 2.46. The van der Waals surface area contributed by atoms with E-state index in [0.717, 1.165) is 50.6 Å². The summed E-state index contributed by atoms with van der Waals surface area (Å²) in [6.07, 6.45) is 7.12. The molecule has 0 unspecified atom stereocenters. The SMILES string of the molecule is Cc1ccc(OCCCC2CC3(CCN(C(=O)OC(C)(C)C)CC3)C2)cc1. The van der Waals surface area contributed by atoms with Crippen LogP contribution in [0.1, 0.15) is 64.9 Å². The molecule has 1 aromatic carbocycles. The molecule has 0 atom stereocenters. The lowest BCUT2D eigenvalue weighted by atomic mass is 9.56. The van der Waals surface area contributed by atoms with Crippen molar-refractivity contribution in [2.75, 3.05) is 19.7 Å². The molecule has 4 heteroatoms. The molecule has 1 aromatic rings. The highest BCUT2D eigenvalue weighted by molar-refractivity contribution is 5.68. The molecule has 1 saturated carbocycles. The van der Waals surface area contributed by atoms with Gasteiger partial charge in [0.2, 0.25) is 0 Å². The second-order valence-corrected chi connectivity index (χ2v) is 9.55. The molecule has 0 N–H and O–H groups in total. The lowest BCUT2D eigenvalue weighted by molar-refractivity contribution is -0.0300. The number of carbonyl (C=O) groups excluding carboxylic acids is 1. The van der Waals surface area contributed by atoms with Crippen molar-refractivity contribution < 1.29 is 14.3 Å². The summed E-state index contributed by atoms with van der Waals surface area (Å²) in [7, 11) is 0. The molecule has 1 aliphatic heterocycles. The number of nitrogens with zero attached hydrogens (tertiary/aromatic N) is 1. The van der Waals surface area contributed by atoms with Crippen LogP contribution in [-0.2, 0) is 4.74 Å². The third-order valence-electron chi connectivity index (χ3n) is 5.97. The topological polar surface area (TPSA) is 38.8 Å². The number of rotatable bonds is 5. The number of likely N-dealkylation sites (tertiary alicyclic amines) is 1. The zero-order valence-electron chi connectivity index (χ0n) is 17.4. The Bertz CT molecular complexity index is 616. The predicted octanol–water partition coefficient (Wildman–Crippen LogP) is 5.58. The minimum atomic E-state index is -0.408. The third kappa shape index (κ3) is 5.63. The van der Waals surface area contributed by atoms with Crippen LogP contribution in [0.15, 0.2) is 24.3 Å². The van der Waals surface area contributed by atoms with Gasteiger partial charge in [-0.15, -0.1) is 0 Å². The van der Waals surface area contributed by atoms with E-state index < -0.39 is 5.60 Å². The lowest BCUT2D eigenvalue weighted by Crippen LogP contribution is -2.49. The number of benzene rings is 1. The highest BCUT2D eigenvalue weighted by Crippen LogP contribution is 2.54. The smallest absolute Gasteiger partial charge is 0.410 e. The molecule has 2 aliphatic rings. The maximum atomic E-state index is 12.2. The van der Waals surface area contributed by atoms with Crippen LogP contribution in [-0.4, -0.2) is 36.3 Å². The first-order valence-corrected chi connectivity index (χ1v) is 10.4. The van der Waals surface area contributed by atoms with Gasteiger partial charge in [-0.1, -0.05) is 17.7 Å². The van der Waals surface area contributed by atoms with Crippen molar-refractivity contribution in [2.24, 2.45) is 11.3 Å². The Balaban J connectivity index is 1.30. The number of hydrogen-bond donors (Lipinski definition) is 0. The number of carbonyl (C=O) groups is 1. The van der Waals surface area contributed by atoms with Gasteiger partial charge in [0.25, 0.3) is 0 Å². The first kappa shape index (κ1) is 20.0. The monoisotopic (exact) mass is 373 g/mol. The second-order valence-electron chi connectivity index (χ2n) is 9.55. The van der Waals surface area contributed by atoms with E-state index >= 15 is 0 Å². The molecule has 150 valence electrons. The van der Waals surface area contributed by atoms with E-state index in [1.807, 2.05) is 37.8 Å². The zero-order valence-corrected chi connectivity index (χ0v) is 17.4. The van der Waals surface area contributed by atoms with Gasteiger partial charge in [-0.3, -0.25) is 0 Å². The number of amides is 1. The fourth-order valence-corrected chi connectivity index (χ4v) is 4.46. The summed E-state index contributed by atoms with van der Waals surface area (Å²) < 4.78 is 11.3. The molecule has 27 heavy (non-hydrogen) atoms. The van der Waals surface area contributed by atoms with Crippen molar-refractivity contribution in [3.63, 3.8) is 0 Å². The van der Waals surface area contributed by atoms with Gasteiger partial charge in [0, 0.05) is 13.1 Å². The molecule has 1 amide bonds. The fourth-order valence-electron chi connectivity index (χ4n) is 4.46. The minimum Gasteiger partial charge on any atom is -0.494 e. The standard InChI is InChI=1S/C23H35NO3/c1-18-7-9-20(10-8-18)26-15-5-6-19-16-23(17-19)11-13-24(14-12-23)21(25)27-22(2,3)4/h7-10,19H,5-6,11-17H2,1-4H3. The molecule has 2 fully saturated rings. The van der Waals surface area contributed by atoms with Crippen molar-refractivity contribution in [1.82, 2.24) is 4.90 Å². The zero-order chi connectivity index (χ0) is 19.5. The van der Waals surface area contributed by atoms with Crippen LogP contribution < -0.4 is 4.74 Å². The molecule has 0 radical (unpaired) electrons. The average molecular weight is 374 g/mol. The first-order chi connectivity index (χ1) is 12.7. The van der Waals surface area contributed by atoms with Gasteiger partial charge in [0.05, 0.1) is 6.61 Å². The summed E-state index contributed by atoms with van der Waals surface area (Å²) in [5.41, 5.74) is 1.34. The quantitative estimate of drug-likeness (QED) is 0.632. The van der Waals surface area contributed by atoms with Gasteiger partial charge in [-0.2, -0.15) is 0 Å². The van der Waals surface area contributed by atoms with E-state index in [9.17, 15) is 4.79 Å². The van der Waals surface area contributed by atoms with E-state index in [-0.39, 0.29) is 6.09 Å². The Kier molecular flexibility index (Phi) is 6.02. The van der Waals surface area contributed by atoms with Crippen LogP contribution in [0, 0.1) is 18.3 Å². The first-order valence-electron chi connectivity index (χ1n) is 10.4. The average Bonchev–Trinajstić information content (AvgIpc) is 2.57. The summed E-state index contributed by atoms with van der Waals surface area (Å²) >= 11 is 0. The van der Waals surface area contributed by atoms with Gasteiger partial charge in [0.1, 0.15) is 11.4 Å². The second kappa shape index (κ2) is 8.12. The van der Waals surface area contributed by atoms with Crippen LogP contribution in [0.3, 0.4) is 0 Å². The van der Waals surface area contributed by atoms with Crippen molar-refractivity contribution in [3.05, 3.63) is 29.8 Å². The Hall–Kier alpha value is -1.71. The summed E-state index contributed by atoms with van der Waals surface area (Å²) in [6.45, 7) is 10.4. The maximum absolute atomic E-state index is 12.2. The van der Waals surface area contributed by atoms with Crippen LogP contribution in [0.5, 0.6) is 5.75 Å². The highest BCUT2D eigenvalue weighted by atomic mass is 16.6. The maximum Gasteiger partial charge on any atom is 0.410 e. The molecule has 1 aliphatic carbocycles. The summed E-state index contributed by atoms with van der Waals surface area (Å²) in [6, 6.07) is 8.28. The molecular formula is C23H35NO3. The summed E-state index contributed by atoms with van der Waals surface area (Å²) in [4.78, 5) is 14.1. The molecule has 1 heterocycles. The molecule has 0 aromatic heterocycles.